The van der Waals surface area contributed by atoms with Gasteiger partial charge in [-0.2, -0.15) is 18.3 Å². The Bertz CT molecular complexity index is 876. The van der Waals surface area contributed by atoms with Crippen molar-refractivity contribution in [1.82, 2.24) is 9.78 Å². The molecular formula is C18H21ClF3N3O2. The normalized spacial score (nSPS) is 13.1. The standard InChI is InChI=1S/C18H21ClF3N3O2/c1-8(2)12-7-13(9(3)6-14(12)26)23-17(27)11(5)25-10(4)15(19)16(24-25)18(20,21)22/h6-8,11,26H,1-5H3,(H,23,27). The van der Waals surface area contributed by atoms with Crippen molar-refractivity contribution in [3.63, 3.8) is 0 Å². The molecule has 0 aliphatic carbocycles. The van der Waals surface area contributed by atoms with E-state index in [1.165, 1.54) is 19.9 Å². The van der Waals surface area contributed by atoms with Crippen molar-refractivity contribution in [3.8, 4) is 5.75 Å². The zero-order valence-electron chi connectivity index (χ0n) is 15.6. The molecule has 1 heterocycles. The summed E-state index contributed by atoms with van der Waals surface area (Å²) >= 11 is 5.74. The zero-order valence-corrected chi connectivity index (χ0v) is 16.3. The smallest absolute Gasteiger partial charge is 0.436 e. The van der Waals surface area contributed by atoms with Gasteiger partial charge in [0, 0.05) is 5.69 Å². The van der Waals surface area contributed by atoms with Gasteiger partial charge >= 0.3 is 6.18 Å². The average molecular weight is 404 g/mol. The van der Waals surface area contributed by atoms with Gasteiger partial charge < -0.3 is 10.4 Å². The number of phenolic OH excluding ortho intramolecular Hbond substituents is 1. The maximum atomic E-state index is 13.0. The molecule has 1 amide bonds. The van der Waals surface area contributed by atoms with Crippen LogP contribution in [-0.4, -0.2) is 20.8 Å². The first-order valence-electron chi connectivity index (χ1n) is 8.30. The van der Waals surface area contributed by atoms with Crippen molar-refractivity contribution in [2.75, 3.05) is 5.32 Å². The van der Waals surface area contributed by atoms with E-state index in [-0.39, 0.29) is 17.4 Å². The fourth-order valence-electron chi connectivity index (χ4n) is 2.71. The van der Waals surface area contributed by atoms with Gasteiger partial charge in [-0.05, 0) is 49.9 Å². The van der Waals surface area contributed by atoms with Crippen molar-refractivity contribution in [1.29, 1.82) is 0 Å². The van der Waals surface area contributed by atoms with Crippen LogP contribution >= 0.6 is 11.6 Å². The number of nitrogens with zero attached hydrogens (tertiary/aromatic N) is 2. The highest BCUT2D eigenvalue weighted by molar-refractivity contribution is 6.32. The molecule has 0 bridgehead atoms. The first-order valence-corrected chi connectivity index (χ1v) is 8.68. The number of aromatic hydroxyl groups is 1. The van der Waals surface area contributed by atoms with Crippen molar-refractivity contribution < 1.29 is 23.1 Å². The van der Waals surface area contributed by atoms with E-state index >= 15 is 0 Å². The molecule has 0 aliphatic rings. The van der Waals surface area contributed by atoms with Crippen LogP contribution in [0.2, 0.25) is 5.02 Å². The van der Waals surface area contributed by atoms with Crippen molar-refractivity contribution in [3.05, 3.63) is 39.7 Å². The van der Waals surface area contributed by atoms with Gasteiger partial charge in [0.05, 0.1) is 10.7 Å². The number of hydrogen-bond donors (Lipinski definition) is 2. The minimum Gasteiger partial charge on any atom is -0.508 e. The van der Waals surface area contributed by atoms with E-state index < -0.39 is 28.8 Å². The third-order valence-corrected chi connectivity index (χ3v) is 4.80. The Kier molecular flexibility index (Phi) is 5.79. The van der Waals surface area contributed by atoms with Crippen LogP contribution in [0.1, 0.15) is 55.2 Å². The number of halogens is 4. The van der Waals surface area contributed by atoms with E-state index in [0.717, 1.165) is 4.68 Å². The number of alkyl halides is 3. The molecule has 0 spiro atoms. The molecule has 1 unspecified atom stereocenters. The third kappa shape index (κ3) is 4.21. The van der Waals surface area contributed by atoms with Crippen LogP contribution in [0.4, 0.5) is 18.9 Å². The lowest BCUT2D eigenvalue weighted by Crippen LogP contribution is -2.26. The Balaban J connectivity index is 2.34. The summed E-state index contributed by atoms with van der Waals surface area (Å²) in [6, 6.07) is 2.17. The summed E-state index contributed by atoms with van der Waals surface area (Å²) in [5.41, 5.74) is 0.589. The summed E-state index contributed by atoms with van der Waals surface area (Å²) in [4.78, 5) is 12.6. The van der Waals surface area contributed by atoms with Crippen molar-refractivity contribution in [2.45, 2.75) is 52.8 Å². The number of aryl methyl sites for hydroxylation is 1. The molecule has 0 saturated carbocycles. The van der Waals surface area contributed by atoms with Crippen LogP contribution in [0.3, 0.4) is 0 Å². The predicted molar refractivity (Wildman–Crippen MR) is 97.2 cm³/mol. The molecule has 27 heavy (non-hydrogen) atoms. The number of anilines is 1. The van der Waals surface area contributed by atoms with Gasteiger partial charge in [-0.3, -0.25) is 9.48 Å². The summed E-state index contributed by atoms with van der Waals surface area (Å²) in [7, 11) is 0. The lowest BCUT2D eigenvalue weighted by atomic mass is 9.99. The number of nitrogens with one attached hydrogen (secondary N) is 1. The van der Waals surface area contributed by atoms with Crippen LogP contribution < -0.4 is 5.32 Å². The summed E-state index contributed by atoms with van der Waals surface area (Å²) in [5.74, 6) is -0.396. The Morgan fingerprint density at radius 3 is 2.33 bits per heavy atom. The molecule has 1 aromatic carbocycles. The maximum absolute atomic E-state index is 13.0. The fourth-order valence-corrected chi connectivity index (χ4v) is 2.94. The maximum Gasteiger partial charge on any atom is 0.436 e. The number of phenols is 1. The number of carbonyl (C=O) groups excluding carboxylic acids is 1. The predicted octanol–water partition coefficient (Wildman–Crippen LogP) is 5.20. The Morgan fingerprint density at radius 1 is 1.26 bits per heavy atom. The molecule has 148 valence electrons. The zero-order chi connectivity index (χ0) is 20.7. The SMILES string of the molecule is Cc1cc(O)c(C(C)C)cc1NC(=O)C(C)n1nc(C(F)(F)F)c(Cl)c1C. The van der Waals surface area contributed by atoms with Crippen LogP contribution in [0.15, 0.2) is 12.1 Å². The molecule has 5 nitrogen and oxygen atoms in total. The molecular weight excluding hydrogens is 383 g/mol. The van der Waals surface area contributed by atoms with E-state index in [9.17, 15) is 23.1 Å². The molecule has 2 N–H and O–H groups in total. The molecule has 9 heteroatoms. The molecule has 0 aliphatic heterocycles. The number of carbonyl (C=O) groups is 1. The molecule has 2 rings (SSSR count). The summed E-state index contributed by atoms with van der Waals surface area (Å²) in [6.45, 7) is 8.31. The lowest BCUT2D eigenvalue weighted by molar-refractivity contribution is -0.141. The second kappa shape index (κ2) is 7.42. The van der Waals surface area contributed by atoms with Gasteiger partial charge in [-0.25, -0.2) is 0 Å². The second-order valence-corrected chi connectivity index (χ2v) is 7.11. The molecule has 1 aromatic heterocycles. The van der Waals surface area contributed by atoms with E-state index in [4.69, 9.17) is 11.6 Å². The number of aromatic nitrogens is 2. The first kappa shape index (κ1) is 21.1. The third-order valence-electron chi connectivity index (χ3n) is 4.35. The van der Waals surface area contributed by atoms with E-state index in [1.54, 1.807) is 13.0 Å². The highest BCUT2D eigenvalue weighted by atomic mass is 35.5. The molecule has 0 saturated heterocycles. The fraction of sp³-hybridized carbons (Fsp3) is 0.444. The lowest BCUT2D eigenvalue weighted by Gasteiger charge is -2.18. The van der Waals surface area contributed by atoms with Crippen LogP contribution in [0.5, 0.6) is 5.75 Å². The number of amides is 1. The molecule has 0 radical (unpaired) electrons. The van der Waals surface area contributed by atoms with Gasteiger partial charge in [0.25, 0.3) is 0 Å². The topological polar surface area (TPSA) is 67.2 Å². The van der Waals surface area contributed by atoms with Gasteiger partial charge in [-0.1, -0.05) is 25.4 Å². The largest absolute Gasteiger partial charge is 0.508 e. The van der Waals surface area contributed by atoms with Crippen LogP contribution in [-0.2, 0) is 11.0 Å². The molecule has 2 aromatic rings. The van der Waals surface area contributed by atoms with Gasteiger partial charge in [0.2, 0.25) is 5.91 Å². The summed E-state index contributed by atoms with van der Waals surface area (Å²) in [5, 5.41) is 15.7. The highest BCUT2D eigenvalue weighted by Crippen LogP contribution is 2.36. The van der Waals surface area contributed by atoms with Gasteiger partial charge in [0.15, 0.2) is 5.69 Å². The number of hydrogen-bond acceptors (Lipinski definition) is 3. The van der Waals surface area contributed by atoms with E-state index in [0.29, 0.717) is 16.8 Å². The van der Waals surface area contributed by atoms with Crippen molar-refractivity contribution in [2.24, 2.45) is 0 Å². The summed E-state index contributed by atoms with van der Waals surface area (Å²) < 4.78 is 39.9. The molecule has 1 atom stereocenters. The molecule has 0 fully saturated rings. The monoisotopic (exact) mass is 403 g/mol. The minimum absolute atomic E-state index is 0.0279. The van der Waals surface area contributed by atoms with E-state index in [2.05, 4.69) is 10.4 Å². The van der Waals surface area contributed by atoms with E-state index in [1.807, 2.05) is 13.8 Å². The van der Waals surface area contributed by atoms with Crippen molar-refractivity contribution >= 4 is 23.2 Å². The number of benzene rings is 1. The summed E-state index contributed by atoms with van der Waals surface area (Å²) in [6.07, 6.45) is -4.71. The quantitative estimate of drug-likeness (QED) is 0.689. The number of rotatable bonds is 4. The van der Waals surface area contributed by atoms with Crippen LogP contribution in [0.25, 0.3) is 0 Å². The average Bonchev–Trinajstić information content (AvgIpc) is 2.84. The Labute approximate surface area is 160 Å². The highest BCUT2D eigenvalue weighted by Gasteiger charge is 2.39. The van der Waals surface area contributed by atoms with Gasteiger partial charge in [-0.15, -0.1) is 0 Å². The van der Waals surface area contributed by atoms with Gasteiger partial charge in [0.1, 0.15) is 11.8 Å². The first-order chi connectivity index (χ1) is 12.3. The van der Waals surface area contributed by atoms with Crippen LogP contribution in [0, 0.1) is 13.8 Å². The Hall–Kier alpha value is -2.22. The second-order valence-electron chi connectivity index (χ2n) is 6.74. The Morgan fingerprint density at radius 2 is 1.85 bits per heavy atom. The minimum atomic E-state index is -4.71.